The summed E-state index contributed by atoms with van der Waals surface area (Å²) in [5.74, 6) is 0. The van der Waals surface area contributed by atoms with Gasteiger partial charge >= 0.3 is 0 Å². The maximum atomic E-state index is 5.79. The number of nitrogens with one attached hydrogen (secondary N) is 2. The van der Waals surface area contributed by atoms with E-state index < -0.39 is 0 Å². The van der Waals surface area contributed by atoms with Gasteiger partial charge in [0.1, 0.15) is 0 Å². The zero-order chi connectivity index (χ0) is 8.97. The van der Waals surface area contributed by atoms with Crippen LogP contribution in [0.2, 0.25) is 10.0 Å². The fourth-order valence-corrected chi connectivity index (χ4v) is 1.06. The zero-order valence-electron chi connectivity index (χ0n) is 6.70. The van der Waals surface area contributed by atoms with Crippen molar-refractivity contribution in [1.29, 1.82) is 0 Å². The molecule has 12 heavy (non-hydrogen) atoms. The summed E-state index contributed by atoms with van der Waals surface area (Å²) in [5, 5.41) is 1.12. The van der Waals surface area contributed by atoms with Gasteiger partial charge in [-0.05, 0) is 18.2 Å². The van der Waals surface area contributed by atoms with Crippen molar-refractivity contribution in [2.75, 3.05) is 12.0 Å². The first kappa shape index (κ1) is 9.65. The fourth-order valence-electron chi connectivity index (χ4n) is 0.764. The number of anilines is 1. The molecule has 0 aliphatic carbocycles. The van der Waals surface area contributed by atoms with E-state index in [2.05, 4.69) is 10.9 Å². The van der Waals surface area contributed by atoms with E-state index in [1.165, 1.54) is 0 Å². The van der Waals surface area contributed by atoms with Gasteiger partial charge in [0.05, 0.1) is 15.7 Å². The Hall–Kier alpha value is -0.440. The summed E-state index contributed by atoms with van der Waals surface area (Å²) in [5.41, 5.74) is 6.84. The van der Waals surface area contributed by atoms with E-state index in [1.807, 2.05) is 13.0 Å². The molecule has 0 aliphatic rings. The number of rotatable bonds is 3. The van der Waals surface area contributed by atoms with Gasteiger partial charge < -0.3 is 5.43 Å². The number of hydrogen-bond donors (Lipinski definition) is 2. The average molecular weight is 205 g/mol. The molecule has 2 nitrogen and oxygen atoms in total. The molecule has 1 aromatic carbocycles. The molecule has 0 unspecified atom stereocenters. The Kier molecular flexibility index (Phi) is 3.66. The Morgan fingerprint density at radius 3 is 2.58 bits per heavy atom. The third-order valence-electron chi connectivity index (χ3n) is 1.33. The minimum Gasteiger partial charge on any atom is -0.321 e. The monoisotopic (exact) mass is 204 g/mol. The molecule has 0 aliphatic heterocycles. The standard InChI is InChI=1S/C8H10Cl2N2/c1-2-11-12-6-3-4-7(9)8(10)5-6/h3-5,11-12H,2H2,1H3. The highest BCUT2D eigenvalue weighted by molar-refractivity contribution is 6.42. The molecule has 4 heteroatoms. The molecular weight excluding hydrogens is 195 g/mol. The molecule has 0 atom stereocenters. The van der Waals surface area contributed by atoms with Crippen LogP contribution in [0.15, 0.2) is 18.2 Å². The van der Waals surface area contributed by atoms with Crippen LogP contribution >= 0.6 is 23.2 Å². The lowest BCUT2D eigenvalue weighted by Crippen LogP contribution is -2.20. The molecule has 0 bridgehead atoms. The molecule has 0 saturated carbocycles. The van der Waals surface area contributed by atoms with Gasteiger partial charge in [-0.1, -0.05) is 30.1 Å². The van der Waals surface area contributed by atoms with E-state index in [0.29, 0.717) is 10.0 Å². The average Bonchev–Trinajstić information content (AvgIpc) is 2.07. The van der Waals surface area contributed by atoms with Crippen LogP contribution in [-0.2, 0) is 0 Å². The third-order valence-corrected chi connectivity index (χ3v) is 2.07. The molecular formula is C8H10Cl2N2. The Morgan fingerprint density at radius 1 is 1.25 bits per heavy atom. The SMILES string of the molecule is CCNNc1ccc(Cl)c(Cl)c1. The predicted molar refractivity (Wildman–Crippen MR) is 53.8 cm³/mol. The Labute approximate surface area is 81.8 Å². The molecule has 66 valence electrons. The molecule has 1 rings (SSSR count). The maximum Gasteiger partial charge on any atom is 0.0613 e. The summed E-state index contributed by atoms with van der Waals surface area (Å²) < 4.78 is 0. The van der Waals surface area contributed by atoms with E-state index in [1.54, 1.807) is 12.1 Å². The molecule has 0 radical (unpaired) electrons. The van der Waals surface area contributed by atoms with E-state index >= 15 is 0 Å². The highest BCUT2D eigenvalue weighted by atomic mass is 35.5. The summed E-state index contributed by atoms with van der Waals surface area (Å²) in [7, 11) is 0. The first-order chi connectivity index (χ1) is 5.74. The topological polar surface area (TPSA) is 24.1 Å². The van der Waals surface area contributed by atoms with Crippen LogP contribution in [0, 0.1) is 0 Å². The molecule has 0 heterocycles. The van der Waals surface area contributed by atoms with Crippen molar-refractivity contribution in [2.45, 2.75) is 6.92 Å². The molecule has 0 amide bonds. The van der Waals surface area contributed by atoms with Crippen LogP contribution in [0.1, 0.15) is 6.92 Å². The van der Waals surface area contributed by atoms with Crippen LogP contribution in [0.5, 0.6) is 0 Å². The van der Waals surface area contributed by atoms with Crippen LogP contribution in [0.3, 0.4) is 0 Å². The van der Waals surface area contributed by atoms with Crippen LogP contribution in [-0.4, -0.2) is 6.54 Å². The minimum atomic E-state index is 0.555. The largest absolute Gasteiger partial charge is 0.321 e. The summed E-state index contributed by atoms with van der Waals surface area (Å²) in [6, 6.07) is 5.38. The van der Waals surface area contributed by atoms with Crippen molar-refractivity contribution in [3.63, 3.8) is 0 Å². The van der Waals surface area contributed by atoms with Gasteiger partial charge in [0, 0.05) is 6.54 Å². The van der Waals surface area contributed by atoms with Gasteiger partial charge in [-0.15, -0.1) is 0 Å². The minimum absolute atomic E-state index is 0.555. The van der Waals surface area contributed by atoms with Crippen molar-refractivity contribution < 1.29 is 0 Å². The lowest BCUT2D eigenvalue weighted by atomic mass is 10.3. The summed E-state index contributed by atoms with van der Waals surface area (Å²) in [4.78, 5) is 0. The predicted octanol–water partition coefficient (Wildman–Crippen LogP) is 2.93. The molecule has 0 spiro atoms. The number of hydrogen-bond acceptors (Lipinski definition) is 2. The van der Waals surface area contributed by atoms with E-state index in [-0.39, 0.29) is 0 Å². The van der Waals surface area contributed by atoms with Crippen LogP contribution in [0.4, 0.5) is 5.69 Å². The van der Waals surface area contributed by atoms with E-state index in [4.69, 9.17) is 23.2 Å². The molecule has 2 N–H and O–H groups in total. The summed E-state index contributed by atoms with van der Waals surface area (Å²) in [6.45, 7) is 2.85. The van der Waals surface area contributed by atoms with Gasteiger partial charge in [-0.2, -0.15) is 0 Å². The Morgan fingerprint density at radius 2 is 2.00 bits per heavy atom. The number of benzene rings is 1. The van der Waals surface area contributed by atoms with Crippen molar-refractivity contribution in [1.82, 2.24) is 5.43 Å². The second-order valence-corrected chi connectivity index (χ2v) is 3.10. The molecule has 0 aromatic heterocycles. The van der Waals surface area contributed by atoms with Crippen molar-refractivity contribution in [2.24, 2.45) is 0 Å². The van der Waals surface area contributed by atoms with Gasteiger partial charge in [-0.3, -0.25) is 0 Å². The first-order valence-electron chi connectivity index (χ1n) is 3.68. The van der Waals surface area contributed by atoms with E-state index in [0.717, 1.165) is 12.2 Å². The van der Waals surface area contributed by atoms with Crippen molar-refractivity contribution in [3.8, 4) is 0 Å². The van der Waals surface area contributed by atoms with Crippen LogP contribution in [0.25, 0.3) is 0 Å². The Balaban J connectivity index is 2.69. The molecule has 0 fully saturated rings. The number of hydrazine groups is 1. The molecule has 0 saturated heterocycles. The highest BCUT2D eigenvalue weighted by Gasteiger charge is 1.97. The van der Waals surface area contributed by atoms with Crippen LogP contribution < -0.4 is 10.9 Å². The summed E-state index contributed by atoms with van der Waals surface area (Å²) in [6.07, 6.45) is 0. The maximum absolute atomic E-state index is 5.79. The van der Waals surface area contributed by atoms with Gasteiger partial charge in [0.2, 0.25) is 0 Å². The van der Waals surface area contributed by atoms with Gasteiger partial charge in [0.15, 0.2) is 0 Å². The third kappa shape index (κ3) is 2.55. The lowest BCUT2D eigenvalue weighted by molar-refractivity contribution is 0.844. The second kappa shape index (κ2) is 4.55. The first-order valence-corrected chi connectivity index (χ1v) is 4.43. The normalized spacial score (nSPS) is 9.92. The lowest BCUT2D eigenvalue weighted by Gasteiger charge is -2.06. The zero-order valence-corrected chi connectivity index (χ0v) is 8.21. The van der Waals surface area contributed by atoms with Gasteiger partial charge in [0.25, 0.3) is 0 Å². The smallest absolute Gasteiger partial charge is 0.0613 e. The molecule has 1 aromatic rings. The second-order valence-electron chi connectivity index (χ2n) is 2.28. The summed E-state index contributed by atoms with van der Waals surface area (Å²) >= 11 is 11.5. The highest BCUT2D eigenvalue weighted by Crippen LogP contribution is 2.24. The Bertz CT molecular complexity index is 263. The quantitative estimate of drug-likeness (QED) is 0.741. The van der Waals surface area contributed by atoms with E-state index in [9.17, 15) is 0 Å². The van der Waals surface area contributed by atoms with Crippen molar-refractivity contribution in [3.05, 3.63) is 28.2 Å². The van der Waals surface area contributed by atoms with Gasteiger partial charge in [-0.25, -0.2) is 5.43 Å². The van der Waals surface area contributed by atoms with Crippen molar-refractivity contribution >= 4 is 28.9 Å². The number of halogens is 2. The fraction of sp³-hybridized carbons (Fsp3) is 0.250.